The van der Waals surface area contributed by atoms with Crippen LogP contribution in [0, 0.1) is 13.8 Å². The molecule has 1 heterocycles. The van der Waals surface area contributed by atoms with Crippen LogP contribution >= 0.6 is 11.6 Å². The van der Waals surface area contributed by atoms with Gasteiger partial charge in [0, 0.05) is 30.6 Å². The molecule has 0 fully saturated rings. The van der Waals surface area contributed by atoms with Crippen LogP contribution in [-0.4, -0.2) is 33.2 Å². The van der Waals surface area contributed by atoms with Crippen molar-refractivity contribution in [3.05, 3.63) is 76.6 Å². The zero-order chi connectivity index (χ0) is 21.7. The number of nitrogens with zero attached hydrogens (tertiary/aromatic N) is 3. The number of halogens is 1. The first-order valence-corrected chi connectivity index (χ1v) is 10.6. The Kier molecular flexibility index (Phi) is 7.29. The summed E-state index contributed by atoms with van der Waals surface area (Å²) in [6, 6.07) is 18.1. The number of benzene rings is 2. The van der Waals surface area contributed by atoms with E-state index in [-0.39, 0.29) is 5.91 Å². The van der Waals surface area contributed by atoms with E-state index in [0.717, 1.165) is 39.9 Å². The van der Waals surface area contributed by atoms with E-state index < -0.39 is 0 Å². The number of hydrogen-bond acceptors (Lipinski definition) is 3. The molecular formula is C24H29ClN4O. The monoisotopic (exact) mass is 424 g/mol. The molecule has 3 rings (SSSR count). The second-order valence-corrected chi connectivity index (χ2v) is 8.22. The maximum absolute atomic E-state index is 12.7. The van der Waals surface area contributed by atoms with Gasteiger partial charge in [-0.25, -0.2) is 4.68 Å². The number of rotatable bonds is 8. The minimum atomic E-state index is -0.00874. The van der Waals surface area contributed by atoms with Crippen LogP contribution < -0.4 is 5.32 Å². The number of amides is 1. The molecular weight excluding hydrogens is 396 g/mol. The van der Waals surface area contributed by atoms with Gasteiger partial charge in [0.05, 0.1) is 22.8 Å². The number of hydrogen-bond donors (Lipinski definition) is 1. The van der Waals surface area contributed by atoms with Crippen molar-refractivity contribution in [2.75, 3.05) is 11.9 Å². The van der Waals surface area contributed by atoms with Crippen LogP contribution in [0.25, 0.3) is 5.69 Å². The van der Waals surface area contributed by atoms with Gasteiger partial charge < -0.3 is 5.32 Å². The first-order chi connectivity index (χ1) is 14.3. The summed E-state index contributed by atoms with van der Waals surface area (Å²) in [6.07, 6.45) is 0.411. The summed E-state index contributed by atoms with van der Waals surface area (Å²) in [7, 11) is 0. The van der Waals surface area contributed by atoms with E-state index >= 15 is 0 Å². The van der Waals surface area contributed by atoms with Crippen LogP contribution in [0.4, 0.5) is 5.69 Å². The summed E-state index contributed by atoms with van der Waals surface area (Å²) >= 11 is 6.11. The van der Waals surface area contributed by atoms with E-state index in [2.05, 4.69) is 35.2 Å². The zero-order valence-electron chi connectivity index (χ0n) is 18.0. The van der Waals surface area contributed by atoms with Crippen LogP contribution in [0.2, 0.25) is 5.02 Å². The van der Waals surface area contributed by atoms with E-state index in [1.807, 2.05) is 67.1 Å². The molecule has 3 aromatic rings. The molecule has 1 N–H and O–H groups in total. The van der Waals surface area contributed by atoms with Crippen LogP contribution in [0.15, 0.2) is 54.6 Å². The first kappa shape index (κ1) is 22.1. The molecule has 0 saturated carbocycles. The van der Waals surface area contributed by atoms with Gasteiger partial charge in [0.2, 0.25) is 5.91 Å². The summed E-state index contributed by atoms with van der Waals surface area (Å²) in [6.45, 7) is 9.60. The van der Waals surface area contributed by atoms with Gasteiger partial charge >= 0.3 is 0 Å². The quantitative estimate of drug-likeness (QED) is 0.528. The number of anilines is 1. The fourth-order valence-electron chi connectivity index (χ4n) is 3.48. The Hall–Kier alpha value is -2.63. The molecule has 0 aliphatic rings. The van der Waals surface area contributed by atoms with Gasteiger partial charge in [-0.1, -0.05) is 41.9 Å². The smallest absolute Gasteiger partial charge is 0.225 e. The van der Waals surface area contributed by atoms with Crippen LogP contribution in [0.1, 0.15) is 37.2 Å². The maximum atomic E-state index is 12.7. The molecule has 0 saturated heterocycles. The lowest BCUT2D eigenvalue weighted by Crippen LogP contribution is -2.33. The van der Waals surface area contributed by atoms with E-state index in [9.17, 15) is 4.79 Å². The third-order valence-corrected chi connectivity index (χ3v) is 5.42. The summed E-state index contributed by atoms with van der Waals surface area (Å²) < 4.78 is 1.87. The van der Waals surface area contributed by atoms with E-state index in [0.29, 0.717) is 19.0 Å². The number of para-hydroxylation sites is 1. The predicted molar refractivity (Wildman–Crippen MR) is 123 cm³/mol. The Morgan fingerprint density at radius 2 is 1.87 bits per heavy atom. The van der Waals surface area contributed by atoms with Gasteiger partial charge in [-0.3, -0.25) is 9.69 Å². The SMILES string of the molecule is Cc1nn(-c2ccccc2)c(C)c1NC(=O)CCN(Cc1cccc(Cl)c1)C(C)C. The van der Waals surface area contributed by atoms with Crippen LogP contribution in [-0.2, 0) is 11.3 Å². The van der Waals surface area contributed by atoms with Gasteiger partial charge in [-0.15, -0.1) is 0 Å². The minimum absolute atomic E-state index is 0.00874. The minimum Gasteiger partial charge on any atom is -0.323 e. The van der Waals surface area contributed by atoms with Crippen molar-refractivity contribution in [3.8, 4) is 5.69 Å². The van der Waals surface area contributed by atoms with Crippen molar-refractivity contribution in [1.82, 2.24) is 14.7 Å². The van der Waals surface area contributed by atoms with Crippen molar-refractivity contribution in [2.24, 2.45) is 0 Å². The predicted octanol–water partition coefficient (Wildman–Crippen LogP) is 5.38. The first-order valence-electron chi connectivity index (χ1n) is 10.2. The third kappa shape index (κ3) is 5.49. The highest BCUT2D eigenvalue weighted by Gasteiger charge is 2.17. The number of aromatic nitrogens is 2. The Morgan fingerprint density at radius 3 is 2.53 bits per heavy atom. The average Bonchev–Trinajstić information content (AvgIpc) is 3.00. The topological polar surface area (TPSA) is 50.2 Å². The highest BCUT2D eigenvalue weighted by molar-refractivity contribution is 6.30. The molecule has 0 aliphatic heterocycles. The molecule has 2 aromatic carbocycles. The highest BCUT2D eigenvalue weighted by Crippen LogP contribution is 2.23. The van der Waals surface area contributed by atoms with Crippen molar-refractivity contribution in [3.63, 3.8) is 0 Å². The lowest BCUT2D eigenvalue weighted by molar-refractivity contribution is -0.116. The normalized spacial score (nSPS) is 11.3. The van der Waals surface area contributed by atoms with Crippen molar-refractivity contribution in [1.29, 1.82) is 0 Å². The molecule has 0 aliphatic carbocycles. The van der Waals surface area contributed by atoms with Crippen LogP contribution in [0.5, 0.6) is 0 Å². The van der Waals surface area contributed by atoms with Crippen LogP contribution in [0.3, 0.4) is 0 Å². The molecule has 30 heavy (non-hydrogen) atoms. The van der Waals surface area contributed by atoms with Gasteiger partial charge in [-0.05, 0) is 57.5 Å². The maximum Gasteiger partial charge on any atom is 0.225 e. The van der Waals surface area contributed by atoms with Gasteiger partial charge in [0.1, 0.15) is 0 Å². The molecule has 0 radical (unpaired) electrons. The van der Waals surface area contributed by atoms with Crippen molar-refractivity contribution < 1.29 is 4.79 Å². The van der Waals surface area contributed by atoms with Gasteiger partial charge in [0.15, 0.2) is 0 Å². The lowest BCUT2D eigenvalue weighted by Gasteiger charge is -2.26. The number of aryl methyl sites for hydroxylation is 1. The second-order valence-electron chi connectivity index (χ2n) is 7.79. The molecule has 1 amide bonds. The Bertz CT molecular complexity index is 998. The van der Waals surface area contributed by atoms with Crippen molar-refractivity contribution >= 4 is 23.2 Å². The van der Waals surface area contributed by atoms with Crippen molar-refractivity contribution in [2.45, 2.75) is 46.7 Å². The second kappa shape index (κ2) is 9.92. The Morgan fingerprint density at radius 1 is 1.13 bits per heavy atom. The molecule has 0 bridgehead atoms. The lowest BCUT2D eigenvalue weighted by atomic mass is 10.1. The molecule has 0 spiro atoms. The van der Waals surface area contributed by atoms with Gasteiger partial charge in [0.25, 0.3) is 0 Å². The Balaban J connectivity index is 1.64. The number of carbonyl (C=O) groups is 1. The largest absolute Gasteiger partial charge is 0.323 e. The number of nitrogens with one attached hydrogen (secondary N) is 1. The van der Waals surface area contributed by atoms with E-state index in [1.165, 1.54) is 0 Å². The summed E-state index contributed by atoms with van der Waals surface area (Å²) in [4.78, 5) is 15.0. The molecule has 6 heteroatoms. The van der Waals surface area contributed by atoms with E-state index in [1.54, 1.807) is 0 Å². The average molecular weight is 425 g/mol. The highest BCUT2D eigenvalue weighted by atomic mass is 35.5. The number of carbonyl (C=O) groups excluding carboxylic acids is 1. The summed E-state index contributed by atoms with van der Waals surface area (Å²) in [5, 5.41) is 8.40. The molecule has 1 aromatic heterocycles. The fourth-order valence-corrected chi connectivity index (χ4v) is 3.69. The molecule has 158 valence electrons. The zero-order valence-corrected chi connectivity index (χ0v) is 18.8. The summed E-state index contributed by atoms with van der Waals surface area (Å²) in [5.74, 6) is -0.00874. The third-order valence-electron chi connectivity index (χ3n) is 5.19. The molecule has 0 unspecified atom stereocenters. The molecule has 0 atom stereocenters. The van der Waals surface area contributed by atoms with E-state index in [4.69, 9.17) is 11.6 Å². The fraction of sp³-hybridized carbons (Fsp3) is 0.333. The standard InChI is InChI=1S/C24H29ClN4O/c1-17(2)28(16-20-9-8-10-21(25)15-20)14-13-23(30)26-24-18(3)27-29(19(24)4)22-11-6-5-7-12-22/h5-12,15,17H,13-14,16H2,1-4H3,(H,26,30). The summed E-state index contributed by atoms with van der Waals surface area (Å²) in [5.41, 5.74) is 4.64. The molecule has 5 nitrogen and oxygen atoms in total. The Labute approximate surface area is 183 Å². The van der Waals surface area contributed by atoms with Gasteiger partial charge in [-0.2, -0.15) is 5.10 Å².